The first-order valence-electron chi connectivity index (χ1n) is 2.65. The molecular formula is C4H8F3O5P. The summed E-state index contributed by atoms with van der Waals surface area (Å²) < 4.78 is 46.1. The molecule has 9 heteroatoms. The van der Waals surface area contributed by atoms with Gasteiger partial charge in [0.15, 0.2) is 0 Å². The van der Waals surface area contributed by atoms with Crippen LogP contribution < -0.4 is 0 Å². The second-order valence-corrected chi connectivity index (χ2v) is 2.53. The first-order chi connectivity index (χ1) is 5.68. The molecule has 0 aromatic rings. The van der Waals surface area contributed by atoms with Crippen molar-refractivity contribution in [3.05, 3.63) is 12.8 Å². The summed E-state index contributed by atoms with van der Waals surface area (Å²) in [6.45, 7) is 2.89. The van der Waals surface area contributed by atoms with E-state index in [1.165, 1.54) is 0 Å². The molecular weight excluding hydrogens is 216 g/mol. The van der Waals surface area contributed by atoms with Gasteiger partial charge in [0, 0.05) is 0 Å². The molecule has 0 radical (unpaired) electrons. The van der Waals surface area contributed by atoms with Crippen LogP contribution in [0.15, 0.2) is 12.8 Å². The zero-order chi connectivity index (χ0) is 11.1. The van der Waals surface area contributed by atoms with E-state index in [4.69, 9.17) is 19.2 Å². The SMILES string of the molecule is C=COC(F)C(F)F.O=P(O)(O)O. The maximum Gasteiger partial charge on any atom is 0.466 e. The van der Waals surface area contributed by atoms with Crippen molar-refractivity contribution in [3.8, 4) is 0 Å². The van der Waals surface area contributed by atoms with E-state index < -0.39 is 20.6 Å². The van der Waals surface area contributed by atoms with Crippen molar-refractivity contribution in [2.45, 2.75) is 12.8 Å². The highest BCUT2D eigenvalue weighted by atomic mass is 31.2. The normalized spacial score (nSPS) is 12.8. The van der Waals surface area contributed by atoms with Gasteiger partial charge >= 0.3 is 14.2 Å². The van der Waals surface area contributed by atoms with Crippen molar-refractivity contribution in [1.29, 1.82) is 0 Å². The molecule has 0 rings (SSSR count). The highest BCUT2D eigenvalue weighted by molar-refractivity contribution is 7.45. The number of ether oxygens (including phenoxy) is 1. The van der Waals surface area contributed by atoms with Crippen LogP contribution in [0.3, 0.4) is 0 Å². The van der Waals surface area contributed by atoms with Gasteiger partial charge in [-0.15, -0.1) is 0 Å². The molecule has 1 unspecified atom stereocenters. The third-order valence-corrected chi connectivity index (χ3v) is 0.424. The zero-order valence-electron chi connectivity index (χ0n) is 6.18. The Labute approximate surface area is 71.7 Å². The average Bonchev–Trinajstić information content (AvgIpc) is 1.84. The Hall–Kier alpha value is -0.560. The maximum absolute atomic E-state index is 11.5. The summed E-state index contributed by atoms with van der Waals surface area (Å²) in [7, 11) is -4.64. The van der Waals surface area contributed by atoms with E-state index >= 15 is 0 Å². The molecule has 0 saturated carbocycles. The summed E-state index contributed by atoms with van der Waals surface area (Å²) in [5.74, 6) is 0. The van der Waals surface area contributed by atoms with Gasteiger partial charge in [0.2, 0.25) is 0 Å². The zero-order valence-corrected chi connectivity index (χ0v) is 7.07. The quantitative estimate of drug-likeness (QED) is 0.487. The Kier molecular flexibility index (Phi) is 7.93. The smallest absolute Gasteiger partial charge is 0.463 e. The predicted octanol–water partition coefficient (Wildman–Crippen LogP) is 0.779. The fourth-order valence-corrected chi connectivity index (χ4v) is 0.151. The molecule has 0 aromatic heterocycles. The minimum atomic E-state index is -4.64. The molecule has 1 atom stereocenters. The highest BCUT2D eigenvalue weighted by Crippen LogP contribution is 2.25. The largest absolute Gasteiger partial charge is 0.466 e. The fourth-order valence-electron chi connectivity index (χ4n) is 0.151. The highest BCUT2D eigenvalue weighted by Gasteiger charge is 2.17. The average molecular weight is 224 g/mol. The van der Waals surface area contributed by atoms with E-state index in [9.17, 15) is 13.2 Å². The predicted molar refractivity (Wildman–Crippen MR) is 36.4 cm³/mol. The van der Waals surface area contributed by atoms with Gasteiger partial charge in [-0.1, -0.05) is 6.58 Å². The summed E-state index contributed by atoms with van der Waals surface area (Å²) in [6.07, 6.45) is -4.99. The van der Waals surface area contributed by atoms with Gasteiger partial charge in [-0.05, 0) is 0 Å². The lowest BCUT2D eigenvalue weighted by Gasteiger charge is -2.03. The molecule has 0 bridgehead atoms. The van der Waals surface area contributed by atoms with Gasteiger partial charge in [0.05, 0.1) is 6.26 Å². The molecule has 80 valence electrons. The summed E-state index contributed by atoms with van der Waals surface area (Å²) in [6, 6.07) is 0. The van der Waals surface area contributed by atoms with Gasteiger partial charge < -0.3 is 19.4 Å². The summed E-state index contributed by atoms with van der Waals surface area (Å²) in [5.41, 5.74) is 0. The van der Waals surface area contributed by atoms with E-state index in [0.29, 0.717) is 6.26 Å². The van der Waals surface area contributed by atoms with Crippen molar-refractivity contribution in [3.63, 3.8) is 0 Å². The molecule has 0 amide bonds. The van der Waals surface area contributed by atoms with Gasteiger partial charge in [0.1, 0.15) is 0 Å². The van der Waals surface area contributed by atoms with Crippen LogP contribution in [0.4, 0.5) is 13.2 Å². The van der Waals surface area contributed by atoms with Gasteiger partial charge in [-0.2, -0.15) is 4.39 Å². The number of hydrogen-bond donors (Lipinski definition) is 3. The van der Waals surface area contributed by atoms with E-state index in [2.05, 4.69) is 11.3 Å². The topological polar surface area (TPSA) is 87.0 Å². The van der Waals surface area contributed by atoms with Crippen LogP contribution in [0.2, 0.25) is 0 Å². The molecule has 5 nitrogen and oxygen atoms in total. The number of hydrogen-bond acceptors (Lipinski definition) is 2. The first-order valence-corrected chi connectivity index (χ1v) is 4.22. The van der Waals surface area contributed by atoms with E-state index in [1.807, 2.05) is 0 Å². The summed E-state index contributed by atoms with van der Waals surface area (Å²) in [5, 5.41) is 0. The lowest BCUT2D eigenvalue weighted by molar-refractivity contribution is -0.0913. The first kappa shape index (κ1) is 14.9. The minimum Gasteiger partial charge on any atom is -0.463 e. The third-order valence-electron chi connectivity index (χ3n) is 0.424. The Bertz CT molecular complexity index is 172. The molecule has 0 heterocycles. The van der Waals surface area contributed by atoms with E-state index in [1.54, 1.807) is 0 Å². The Balaban J connectivity index is 0. The molecule has 3 N–H and O–H groups in total. The summed E-state index contributed by atoms with van der Waals surface area (Å²) in [4.78, 5) is 21.6. The van der Waals surface area contributed by atoms with E-state index in [0.717, 1.165) is 0 Å². The molecule has 0 aliphatic heterocycles. The van der Waals surface area contributed by atoms with Gasteiger partial charge in [-0.3, -0.25) is 0 Å². The van der Waals surface area contributed by atoms with E-state index in [-0.39, 0.29) is 0 Å². The van der Waals surface area contributed by atoms with Crippen molar-refractivity contribution in [2.24, 2.45) is 0 Å². The van der Waals surface area contributed by atoms with Crippen molar-refractivity contribution >= 4 is 7.82 Å². The summed E-state index contributed by atoms with van der Waals surface area (Å²) >= 11 is 0. The fraction of sp³-hybridized carbons (Fsp3) is 0.500. The maximum atomic E-state index is 11.5. The number of halogens is 3. The Morgan fingerprint density at radius 2 is 1.62 bits per heavy atom. The van der Waals surface area contributed by atoms with Crippen molar-refractivity contribution < 1.29 is 37.2 Å². The molecule has 0 aromatic carbocycles. The number of phosphoric acid groups is 1. The molecule has 0 aliphatic carbocycles. The van der Waals surface area contributed by atoms with Crippen molar-refractivity contribution in [2.75, 3.05) is 0 Å². The van der Waals surface area contributed by atoms with Crippen LogP contribution in [0, 0.1) is 0 Å². The van der Waals surface area contributed by atoms with Gasteiger partial charge in [-0.25, -0.2) is 13.3 Å². The van der Waals surface area contributed by atoms with Crippen LogP contribution in [-0.2, 0) is 9.30 Å². The van der Waals surface area contributed by atoms with Gasteiger partial charge in [0.25, 0.3) is 6.36 Å². The Morgan fingerprint density at radius 3 is 1.69 bits per heavy atom. The van der Waals surface area contributed by atoms with Crippen LogP contribution in [0.5, 0.6) is 0 Å². The molecule has 13 heavy (non-hydrogen) atoms. The molecule has 0 saturated heterocycles. The molecule has 0 aliphatic rings. The van der Waals surface area contributed by atoms with Crippen molar-refractivity contribution in [1.82, 2.24) is 0 Å². The third kappa shape index (κ3) is 24.6. The lowest BCUT2D eigenvalue weighted by Crippen LogP contribution is -2.12. The second-order valence-electron chi connectivity index (χ2n) is 1.50. The standard InChI is InChI=1S/C4H5F3O.H3O4P/c1-2-8-4(7)3(5)6;1-5(2,3)4/h2-4H,1H2;(H3,1,2,3,4). The minimum absolute atomic E-state index is 0.636. The van der Waals surface area contributed by atoms with Crippen LogP contribution >= 0.6 is 7.82 Å². The van der Waals surface area contributed by atoms with Crippen LogP contribution in [0.25, 0.3) is 0 Å². The monoisotopic (exact) mass is 224 g/mol. The number of rotatable bonds is 3. The second kappa shape index (κ2) is 6.90. The Morgan fingerprint density at radius 1 is 1.31 bits per heavy atom. The lowest BCUT2D eigenvalue weighted by atomic mass is 10.7. The number of alkyl halides is 3. The van der Waals surface area contributed by atoms with Crippen LogP contribution in [0.1, 0.15) is 0 Å². The molecule has 0 spiro atoms. The van der Waals surface area contributed by atoms with Crippen LogP contribution in [-0.4, -0.2) is 27.5 Å². The molecule has 0 fully saturated rings.